The van der Waals surface area contributed by atoms with Crippen LogP contribution >= 0.6 is 0 Å². The first kappa shape index (κ1) is 10.1. The van der Waals surface area contributed by atoms with Crippen molar-refractivity contribution >= 4 is 5.97 Å². The monoisotopic (exact) mass is 182 g/mol. The molecule has 0 amide bonds. The third-order valence-electron chi connectivity index (χ3n) is 2.01. The van der Waals surface area contributed by atoms with Gasteiger partial charge >= 0.3 is 5.97 Å². The molecule has 3 heteroatoms. The Labute approximate surface area is 78.4 Å². The van der Waals surface area contributed by atoms with Gasteiger partial charge in [-0.2, -0.15) is 0 Å². The molecule has 0 spiro atoms. The van der Waals surface area contributed by atoms with Crippen molar-refractivity contribution in [3.63, 3.8) is 0 Å². The summed E-state index contributed by atoms with van der Waals surface area (Å²) in [6, 6.07) is 0. The molecule has 0 N–H and O–H groups in total. The summed E-state index contributed by atoms with van der Waals surface area (Å²) in [6.45, 7) is 4.85. The second-order valence-electron chi connectivity index (χ2n) is 2.96. The lowest BCUT2D eigenvalue weighted by atomic mass is 10.0. The Balaban J connectivity index is 2.41. The van der Waals surface area contributed by atoms with E-state index in [9.17, 15) is 4.79 Å². The number of hydrogen-bond donors (Lipinski definition) is 0. The third-order valence-corrected chi connectivity index (χ3v) is 2.01. The number of rotatable bonds is 1. The average molecular weight is 182 g/mol. The molecule has 1 heterocycles. The zero-order chi connectivity index (χ0) is 9.68. The van der Waals surface area contributed by atoms with Crippen LogP contribution in [0.4, 0.5) is 0 Å². The van der Waals surface area contributed by atoms with Crippen LogP contribution in [-0.4, -0.2) is 25.3 Å². The lowest BCUT2D eigenvalue weighted by molar-refractivity contribution is -0.136. The maximum Gasteiger partial charge on any atom is 0.384 e. The van der Waals surface area contributed by atoms with E-state index in [4.69, 9.17) is 4.74 Å². The molecule has 1 aliphatic rings. The van der Waals surface area contributed by atoms with Crippen LogP contribution in [0.25, 0.3) is 0 Å². The highest BCUT2D eigenvalue weighted by Gasteiger charge is 2.21. The summed E-state index contributed by atoms with van der Waals surface area (Å²) < 4.78 is 9.99. The second-order valence-corrected chi connectivity index (χ2v) is 2.96. The molecular weight excluding hydrogens is 168 g/mol. The number of esters is 1. The van der Waals surface area contributed by atoms with Gasteiger partial charge in [-0.25, -0.2) is 4.79 Å². The van der Waals surface area contributed by atoms with E-state index in [1.807, 2.05) is 6.92 Å². The smallest absolute Gasteiger partial charge is 0.384 e. The summed E-state index contributed by atoms with van der Waals surface area (Å²) in [6.07, 6.45) is 1.05. The molecule has 0 aromatic carbocycles. The van der Waals surface area contributed by atoms with Crippen molar-refractivity contribution in [2.24, 2.45) is 5.92 Å². The standard InChI is InChI=1S/C10H14O3/c1-3-12-10(11)5-4-9-6-7-13-8(9)2/h8-9H,3,6-7H2,1-2H3. The fraction of sp³-hybridized carbons (Fsp3) is 0.700. The Hall–Kier alpha value is -1.01. The average Bonchev–Trinajstić information content (AvgIpc) is 2.48. The maximum absolute atomic E-state index is 10.9. The van der Waals surface area contributed by atoms with Gasteiger partial charge in [-0.05, 0) is 20.3 Å². The second kappa shape index (κ2) is 4.88. The molecule has 0 aromatic rings. The van der Waals surface area contributed by atoms with Crippen molar-refractivity contribution in [2.45, 2.75) is 26.4 Å². The Kier molecular flexibility index (Phi) is 3.78. The van der Waals surface area contributed by atoms with E-state index in [0.29, 0.717) is 6.61 Å². The summed E-state index contributed by atoms with van der Waals surface area (Å²) in [4.78, 5) is 10.9. The van der Waals surface area contributed by atoms with Gasteiger partial charge in [0.05, 0.1) is 12.7 Å². The van der Waals surface area contributed by atoms with Gasteiger partial charge in [0, 0.05) is 18.4 Å². The molecule has 0 bridgehead atoms. The minimum absolute atomic E-state index is 0.141. The van der Waals surface area contributed by atoms with E-state index in [-0.39, 0.29) is 12.0 Å². The predicted molar refractivity (Wildman–Crippen MR) is 47.9 cm³/mol. The van der Waals surface area contributed by atoms with Crippen LogP contribution < -0.4 is 0 Å². The van der Waals surface area contributed by atoms with Gasteiger partial charge in [0.15, 0.2) is 0 Å². The summed E-state index contributed by atoms with van der Waals surface area (Å²) >= 11 is 0. The molecule has 72 valence electrons. The molecule has 0 saturated carbocycles. The molecule has 0 aliphatic carbocycles. The largest absolute Gasteiger partial charge is 0.456 e. The fourth-order valence-corrected chi connectivity index (χ4v) is 1.24. The van der Waals surface area contributed by atoms with Crippen LogP contribution in [0.3, 0.4) is 0 Å². The number of carbonyl (C=O) groups excluding carboxylic acids is 1. The van der Waals surface area contributed by atoms with Gasteiger partial charge < -0.3 is 9.47 Å². The van der Waals surface area contributed by atoms with Gasteiger partial charge in [-0.3, -0.25) is 0 Å². The van der Waals surface area contributed by atoms with Crippen molar-refractivity contribution in [1.29, 1.82) is 0 Å². The molecule has 13 heavy (non-hydrogen) atoms. The Morgan fingerprint density at radius 2 is 2.46 bits per heavy atom. The first-order valence-corrected chi connectivity index (χ1v) is 4.54. The molecule has 1 rings (SSSR count). The minimum atomic E-state index is -0.443. The van der Waals surface area contributed by atoms with Gasteiger partial charge in [0.2, 0.25) is 0 Å². The Bertz CT molecular complexity index is 236. The highest BCUT2D eigenvalue weighted by Crippen LogP contribution is 2.18. The highest BCUT2D eigenvalue weighted by atomic mass is 16.5. The lowest BCUT2D eigenvalue weighted by Gasteiger charge is -2.04. The van der Waals surface area contributed by atoms with Crippen molar-refractivity contribution in [2.75, 3.05) is 13.2 Å². The van der Waals surface area contributed by atoms with E-state index >= 15 is 0 Å². The summed E-state index contributed by atoms with van der Waals surface area (Å²) in [7, 11) is 0. The summed E-state index contributed by atoms with van der Waals surface area (Å²) in [5.41, 5.74) is 0. The highest BCUT2D eigenvalue weighted by molar-refractivity contribution is 5.88. The van der Waals surface area contributed by atoms with Crippen molar-refractivity contribution in [3.05, 3.63) is 0 Å². The van der Waals surface area contributed by atoms with Crippen LogP contribution in [-0.2, 0) is 14.3 Å². The lowest BCUT2D eigenvalue weighted by Crippen LogP contribution is -2.09. The first-order valence-electron chi connectivity index (χ1n) is 4.54. The minimum Gasteiger partial charge on any atom is -0.456 e. The molecular formula is C10H14O3. The van der Waals surface area contributed by atoms with E-state index in [1.165, 1.54) is 0 Å². The van der Waals surface area contributed by atoms with Crippen LogP contribution in [0.1, 0.15) is 20.3 Å². The molecule has 1 aliphatic heterocycles. The Morgan fingerprint density at radius 1 is 1.69 bits per heavy atom. The van der Waals surface area contributed by atoms with E-state index < -0.39 is 5.97 Å². The first-order chi connectivity index (χ1) is 6.24. The van der Waals surface area contributed by atoms with Crippen molar-refractivity contribution in [3.8, 4) is 11.8 Å². The fourth-order valence-electron chi connectivity index (χ4n) is 1.24. The third kappa shape index (κ3) is 3.08. The van der Waals surface area contributed by atoms with Gasteiger partial charge in [-0.15, -0.1) is 0 Å². The molecule has 1 fully saturated rings. The normalized spacial score (nSPS) is 26.3. The van der Waals surface area contributed by atoms with Gasteiger partial charge in [0.25, 0.3) is 0 Å². The van der Waals surface area contributed by atoms with E-state index in [1.54, 1.807) is 6.92 Å². The van der Waals surface area contributed by atoms with Crippen molar-refractivity contribution < 1.29 is 14.3 Å². The van der Waals surface area contributed by atoms with Crippen LogP contribution in [0.15, 0.2) is 0 Å². The molecule has 2 unspecified atom stereocenters. The van der Waals surface area contributed by atoms with Crippen LogP contribution in [0.2, 0.25) is 0 Å². The maximum atomic E-state index is 10.9. The zero-order valence-corrected chi connectivity index (χ0v) is 8.00. The summed E-state index contributed by atoms with van der Waals surface area (Å²) in [5.74, 6) is 5.07. The molecule has 0 radical (unpaired) electrons. The molecule has 2 atom stereocenters. The van der Waals surface area contributed by atoms with E-state index in [0.717, 1.165) is 13.0 Å². The number of carbonyl (C=O) groups is 1. The quantitative estimate of drug-likeness (QED) is 0.344. The van der Waals surface area contributed by atoms with Crippen LogP contribution in [0, 0.1) is 17.8 Å². The SMILES string of the molecule is CCOC(=O)C#CC1CCOC1C. The predicted octanol–water partition coefficient (Wildman–Crippen LogP) is 0.978. The molecule has 3 nitrogen and oxygen atoms in total. The zero-order valence-electron chi connectivity index (χ0n) is 8.00. The van der Waals surface area contributed by atoms with Gasteiger partial charge in [-0.1, -0.05) is 5.92 Å². The summed E-state index contributed by atoms with van der Waals surface area (Å²) in [5, 5.41) is 0. The Morgan fingerprint density at radius 3 is 3.00 bits per heavy atom. The van der Waals surface area contributed by atoms with Gasteiger partial charge in [0.1, 0.15) is 0 Å². The number of ether oxygens (including phenoxy) is 2. The topological polar surface area (TPSA) is 35.5 Å². The molecule has 0 aromatic heterocycles. The van der Waals surface area contributed by atoms with E-state index in [2.05, 4.69) is 16.6 Å². The number of hydrogen-bond acceptors (Lipinski definition) is 3. The molecule has 1 saturated heterocycles. The van der Waals surface area contributed by atoms with Crippen LogP contribution in [0.5, 0.6) is 0 Å². The van der Waals surface area contributed by atoms with Crippen molar-refractivity contribution in [1.82, 2.24) is 0 Å².